The molecule has 1 heterocycles. The molecule has 0 saturated carbocycles. The van der Waals surface area contributed by atoms with E-state index in [9.17, 15) is 9.59 Å². The summed E-state index contributed by atoms with van der Waals surface area (Å²) in [7, 11) is 0. The van der Waals surface area contributed by atoms with Gasteiger partial charge in [0.25, 0.3) is 11.8 Å². The molecule has 2 amide bonds. The summed E-state index contributed by atoms with van der Waals surface area (Å²) in [5, 5.41) is 0. The quantitative estimate of drug-likeness (QED) is 0.831. The number of hydrazine groups is 1. The van der Waals surface area contributed by atoms with Gasteiger partial charge < -0.3 is 0 Å². The number of amides is 2. The van der Waals surface area contributed by atoms with Crippen molar-refractivity contribution in [2.75, 3.05) is 0 Å². The van der Waals surface area contributed by atoms with Crippen LogP contribution < -0.4 is 10.9 Å². The number of rotatable bonds is 2. The van der Waals surface area contributed by atoms with Gasteiger partial charge in [0, 0.05) is 10.4 Å². The number of nitrogens with one attached hydrogen (secondary N) is 2. The average molecular weight is 328 g/mol. The number of carbonyl (C=O) groups excluding carboxylic acids is 2. The van der Waals surface area contributed by atoms with Crippen LogP contribution in [0.2, 0.25) is 0 Å². The summed E-state index contributed by atoms with van der Waals surface area (Å²) in [6, 6.07) is 9.17. The summed E-state index contributed by atoms with van der Waals surface area (Å²) >= 11 is 1.53. The standard InChI is InChI=1S/C18H20N2O2S/c1-11-3-6-13(7-4-11)17(21)19-20-18(22)16-10-14-9-12(2)5-8-15(14)23-16/h3-4,6-7,10,12H,5,8-9H2,1-2H3,(H,19,21)(H,20,22)/t12-/m1/s1. The van der Waals surface area contributed by atoms with E-state index in [0.717, 1.165) is 18.4 Å². The molecule has 1 aromatic carbocycles. The first-order valence-electron chi connectivity index (χ1n) is 7.82. The number of aryl methyl sites for hydroxylation is 2. The van der Waals surface area contributed by atoms with E-state index in [-0.39, 0.29) is 11.8 Å². The third kappa shape index (κ3) is 3.62. The largest absolute Gasteiger partial charge is 0.279 e. The van der Waals surface area contributed by atoms with E-state index in [1.165, 1.54) is 28.2 Å². The van der Waals surface area contributed by atoms with Crippen LogP contribution >= 0.6 is 11.3 Å². The second-order valence-electron chi connectivity index (χ2n) is 6.18. The summed E-state index contributed by atoms with van der Waals surface area (Å²) in [5.74, 6) is 0.111. The zero-order chi connectivity index (χ0) is 16.4. The van der Waals surface area contributed by atoms with Crippen molar-refractivity contribution >= 4 is 23.2 Å². The van der Waals surface area contributed by atoms with Crippen LogP contribution in [0.15, 0.2) is 30.3 Å². The molecule has 1 aromatic heterocycles. The molecular formula is C18H20N2O2S. The third-order valence-electron chi connectivity index (χ3n) is 4.16. The molecule has 1 aliphatic carbocycles. The predicted molar refractivity (Wildman–Crippen MR) is 91.6 cm³/mol. The summed E-state index contributed by atoms with van der Waals surface area (Å²) < 4.78 is 0. The van der Waals surface area contributed by atoms with E-state index in [4.69, 9.17) is 0 Å². The van der Waals surface area contributed by atoms with Crippen LogP contribution in [0.3, 0.4) is 0 Å². The Kier molecular flexibility index (Phi) is 4.48. The Morgan fingerprint density at radius 3 is 2.57 bits per heavy atom. The van der Waals surface area contributed by atoms with Crippen LogP contribution in [0.1, 0.15) is 49.4 Å². The van der Waals surface area contributed by atoms with E-state index >= 15 is 0 Å². The monoisotopic (exact) mass is 328 g/mol. The van der Waals surface area contributed by atoms with Crippen molar-refractivity contribution in [2.24, 2.45) is 5.92 Å². The fourth-order valence-electron chi connectivity index (χ4n) is 2.77. The van der Waals surface area contributed by atoms with Crippen LogP contribution in [0, 0.1) is 12.8 Å². The van der Waals surface area contributed by atoms with Crippen LogP contribution in [0.25, 0.3) is 0 Å². The second-order valence-corrected chi connectivity index (χ2v) is 7.32. The van der Waals surface area contributed by atoms with Gasteiger partial charge in [-0.1, -0.05) is 24.6 Å². The molecule has 120 valence electrons. The number of fused-ring (bicyclic) bond motifs is 1. The Labute approximate surface area is 139 Å². The van der Waals surface area contributed by atoms with Gasteiger partial charge in [0.2, 0.25) is 0 Å². The van der Waals surface area contributed by atoms with Crippen molar-refractivity contribution in [1.29, 1.82) is 0 Å². The topological polar surface area (TPSA) is 58.2 Å². The lowest BCUT2D eigenvalue weighted by Gasteiger charge is -2.16. The molecule has 5 heteroatoms. The fraction of sp³-hybridized carbons (Fsp3) is 0.333. The molecule has 0 spiro atoms. The molecule has 0 bridgehead atoms. The molecule has 4 nitrogen and oxygen atoms in total. The molecule has 0 aliphatic heterocycles. The van der Waals surface area contributed by atoms with Gasteiger partial charge in [0.05, 0.1) is 4.88 Å². The Bertz CT molecular complexity index is 734. The highest BCUT2D eigenvalue weighted by Gasteiger charge is 2.20. The van der Waals surface area contributed by atoms with E-state index in [1.54, 1.807) is 12.1 Å². The maximum atomic E-state index is 12.2. The number of hydrogen-bond donors (Lipinski definition) is 2. The minimum atomic E-state index is -0.312. The van der Waals surface area contributed by atoms with E-state index < -0.39 is 0 Å². The number of benzene rings is 1. The van der Waals surface area contributed by atoms with Crippen molar-refractivity contribution in [3.63, 3.8) is 0 Å². The molecule has 1 atom stereocenters. The van der Waals surface area contributed by atoms with E-state index in [2.05, 4.69) is 17.8 Å². The highest BCUT2D eigenvalue weighted by Crippen LogP contribution is 2.32. The molecule has 0 fully saturated rings. The van der Waals surface area contributed by atoms with Crippen LogP contribution in [-0.2, 0) is 12.8 Å². The first-order chi connectivity index (χ1) is 11.0. The molecule has 3 rings (SSSR count). The van der Waals surface area contributed by atoms with Crippen molar-refractivity contribution in [3.05, 3.63) is 56.8 Å². The SMILES string of the molecule is Cc1ccc(C(=O)NNC(=O)c2cc3c(s2)CC[C@@H](C)C3)cc1. The van der Waals surface area contributed by atoms with Crippen molar-refractivity contribution in [2.45, 2.75) is 33.1 Å². The number of hydrogen-bond acceptors (Lipinski definition) is 3. The summed E-state index contributed by atoms with van der Waals surface area (Å²) in [4.78, 5) is 26.2. The smallest absolute Gasteiger partial charge is 0.267 e. The summed E-state index contributed by atoms with van der Waals surface area (Å²) in [6.45, 7) is 4.20. The van der Waals surface area contributed by atoms with Gasteiger partial charge in [-0.05, 0) is 55.9 Å². The highest BCUT2D eigenvalue weighted by molar-refractivity contribution is 7.14. The second kappa shape index (κ2) is 6.54. The molecule has 0 radical (unpaired) electrons. The first-order valence-corrected chi connectivity index (χ1v) is 8.63. The lowest BCUT2D eigenvalue weighted by molar-refractivity contribution is 0.0849. The van der Waals surface area contributed by atoms with Crippen LogP contribution in [0.5, 0.6) is 0 Å². The Balaban J connectivity index is 1.61. The maximum absolute atomic E-state index is 12.2. The zero-order valence-electron chi connectivity index (χ0n) is 13.3. The van der Waals surface area contributed by atoms with Crippen molar-refractivity contribution < 1.29 is 9.59 Å². The van der Waals surface area contributed by atoms with E-state index in [0.29, 0.717) is 16.4 Å². The molecule has 0 saturated heterocycles. The maximum Gasteiger partial charge on any atom is 0.279 e. The molecular weight excluding hydrogens is 308 g/mol. The first kappa shape index (κ1) is 15.7. The Morgan fingerprint density at radius 1 is 1.13 bits per heavy atom. The lowest BCUT2D eigenvalue weighted by atomic mass is 9.90. The molecule has 23 heavy (non-hydrogen) atoms. The van der Waals surface area contributed by atoms with Crippen molar-refractivity contribution in [3.8, 4) is 0 Å². The molecule has 0 unspecified atom stereocenters. The molecule has 2 N–H and O–H groups in total. The van der Waals surface area contributed by atoms with Gasteiger partial charge in [0.15, 0.2) is 0 Å². The van der Waals surface area contributed by atoms with Crippen molar-refractivity contribution in [1.82, 2.24) is 10.9 Å². The van der Waals surface area contributed by atoms with Gasteiger partial charge in [-0.2, -0.15) is 0 Å². The average Bonchev–Trinajstić information content (AvgIpc) is 2.96. The number of carbonyl (C=O) groups is 2. The minimum Gasteiger partial charge on any atom is -0.267 e. The molecule has 2 aromatic rings. The van der Waals surface area contributed by atoms with E-state index in [1.807, 2.05) is 25.1 Å². The highest BCUT2D eigenvalue weighted by atomic mass is 32.1. The van der Waals surface area contributed by atoms with Crippen LogP contribution in [-0.4, -0.2) is 11.8 Å². The lowest BCUT2D eigenvalue weighted by Crippen LogP contribution is -2.41. The van der Waals surface area contributed by atoms with Crippen LogP contribution in [0.4, 0.5) is 0 Å². The predicted octanol–water partition coefficient (Wildman–Crippen LogP) is 3.26. The van der Waals surface area contributed by atoms with Gasteiger partial charge in [-0.3, -0.25) is 20.4 Å². The van der Waals surface area contributed by atoms with Gasteiger partial charge in [-0.25, -0.2) is 0 Å². The Hall–Kier alpha value is -2.14. The molecule has 1 aliphatic rings. The van der Waals surface area contributed by atoms with Gasteiger partial charge in [0.1, 0.15) is 0 Å². The third-order valence-corrected chi connectivity index (χ3v) is 5.39. The minimum absolute atomic E-state index is 0.252. The fourth-order valence-corrected chi connectivity index (χ4v) is 3.87. The van der Waals surface area contributed by atoms with Gasteiger partial charge in [-0.15, -0.1) is 11.3 Å². The number of thiophene rings is 1. The Morgan fingerprint density at radius 2 is 1.83 bits per heavy atom. The van der Waals surface area contributed by atoms with Gasteiger partial charge >= 0.3 is 0 Å². The normalized spacial score (nSPS) is 16.5. The zero-order valence-corrected chi connectivity index (χ0v) is 14.1. The summed E-state index contributed by atoms with van der Waals surface area (Å²) in [6.07, 6.45) is 3.26. The summed E-state index contributed by atoms with van der Waals surface area (Å²) in [5.41, 5.74) is 7.87.